The maximum absolute atomic E-state index is 11.3. The van der Waals surface area contributed by atoms with E-state index in [2.05, 4.69) is 9.97 Å². The number of anilines is 1. The first kappa shape index (κ1) is 11.1. The minimum Gasteiger partial charge on any atom is -0.399 e. The molecule has 0 aliphatic carbocycles. The standard InChI is InChI=1S/C11H15N3OS/c1-2-16(15)6-5-11-13-9-4-3-8(12)7-10(9)14-11/h3-4,7H,2,5-6,12H2,1H3,(H,13,14). The van der Waals surface area contributed by atoms with Crippen LogP contribution in [0.15, 0.2) is 18.2 Å². The first-order chi connectivity index (χ1) is 7.69. The predicted octanol–water partition coefficient (Wildman–Crippen LogP) is 1.46. The Labute approximate surface area is 96.7 Å². The van der Waals surface area contributed by atoms with Crippen molar-refractivity contribution in [1.29, 1.82) is 0 Å². The summed E-state index contributed by atoms with van der Waals surface area (Å²) in [6.07, 6.45) is 0.717. The van der Waals surface area contributed by atoms with Crippen LogP contribution in [-0.4, -0.2) is 25.7 Å². The molecule has 1 atom stereocenters. The molecule has 5 heteroatoms. The summed E-state index contributed by atoms with van der Waals surface area (Å²) >= 11 is 0. The lowest BCUT2D eigenvalue weighted by Crippen LogP contribution is -2.03. The number of H-pyrrole nitrogens is 1. The van der Waals surface area contributed by atoms with Gasteiger partial charge in [-0.25, -0.2) is 4.98 Å². The molecule has 0 fully saturated rings. The van der Waals surface area contributed by atoms with Gasteiger partial charge in [-0.05, 0) is 18.2 Å². The van der Waals surface area contributed by atoms with Gasteiger partial charge >= 0.3 is 0 Å². The largest absolute Gasteiger partial charge is 0.399 e. The molecule has 3 N–H and O–H groups in total. The van der Waals surface area contributed by atoms with Crippen LogP contribution in [0.5, 0.6) is 0 Å². The number of benzene rings is 1. The number of nitrogens with one attached hydrogen (secondary N) is 1. The molecule has 2 rings (SSSR count). The molecule has 0 amide bonds. The fourth-order valence-electron chi connectivity index (χ4n) is 1.55. The highest BCUT2D eigenvalue weighted by atomic mass is 32.2. The molecule has 0 spiro atoms. The Kier molecular flexibility index (Phi) is 3.24. The van der Waals surface area contributed by atoms with E-state index in [0.717, 1.165) is 29.0 Å². The number of nitrogens with two attached hydrogens (primary N) is 1. The third-order valence-electron chi connectivity index (χ3n) is 2.44. The number of nitrogens with zero attached hydrogens (tertiary/aromatic N) is 1. The number of nitrogen functional groups attached to an aromatic ring is 1. The molecule has 2 aromatic rings. The normalized spacial score (nSPS) is 13.1. The Morgan fingerprint density at radius 1 is 1.50 bits per heavy atom. The number of aryl methyl sites for hydroxylation is 1. The Morgan fingerprint density at radius 2 is 2.31 bits per heavy atom. The van der Waals surface area contributed by atoms with Crippen LogP contribution in [-0.2, 0) is 17.2 Å². The van der Waals surface area contributed by atoms with Crippen LogP contribution in [0.1, 0.15) is 12.7 Å². The summed E-state index contributed by atoms with van der Waals surface area (Å²) in [4.78, 5) is 7.60. The Morgan fingerprint density at radius 3 is 3.06 bits per heavy atom. The summed E-state index contributed by atoms with van der Waals surface area (Å²) < 4.78 is 11.3. The van der Waals surface area contributed by atoms with E-state index in [1.165, 1.54) is 0 Å². The van der Waals surface area contributed by atoms with Crippen LogP contribution in [0.25, 0.3) is 11.0 Å². The Hall–Kier alpha value is -1.36. The lowest BCUT2D eigenvalue weighted by atomic mass is 10.3. The van der Waals surface area contributed by atoms with E-state index in [1.54, 1.807) is 0 Å². The number of aromatic nitrogens is 2. The molecule has 1 aromatic carbocycles. The zero-order valence-electron chi connectivity index (χ0n) is 9.19. The van der Waals surface area contributed by atoms with Crippen molar-refractivity contribution in [3.63, 3.8) is 0 Å². The first-order valence-corrected chi connectivity index (χ1v) is 6.77. The molecule has 0 saturated carbocycles. The monoisotopic (exact) mass is 237 g/mol. The molecule has 4 nitrogen and oxygen atoms in total. The second-order valence-electron chi connectivity index (χ2n) is 3.64. The lowest BCUT2D eigenvalue weighted by Gasteiger charge is -1.95. The highest BCUT2D eigenvalue weighted by molar-refractivity contribution is 7.84. The van der Waals surface area contributed by atoms with Crippen LogP contribution in [0.2, 0.25) is 0 Å². The van der Waals surface area contributed by atoms with Gasteiger partial charge in [0.15, 0.2) is 0 Å². The van der Waals surface area contributed by atoms with Gasteiger partial charge in [-0.15, -0.1) is 0 Å². The topological polar surface area (TPSA) is 71.8 Å². The average Bonchev–Trinajstić information content (AvgIpc) is 2.67. The van der Waals surface area contributed by atoms with Crippen LogP contribution in [0.3, 0.4) is 0 Å². The molecular formula is C11H15N3OS. The highest BCUT2D eigenvalue weighted by Crippen LogP contribution is 2.15. The minimum atomic E-state index is -0.738. The molecule has 0 aliphatic heterocycles. The smallest absolute Gasteiger partial charge is 0.108 e. The van der Waals surface area contributed by atoms with Crippen LogP contribution in [0, 0.1) is 0 Å². The minimum absolute atomic E-state index is 0.659. The average molecular weight is 237 g/mol. The van der Waals surface area contributed by atoms with Crippen molar-refractivity contribution in [3.05, 3.63) is 24.0 Å². The zero-order valence-corrected chi connectivity index (χ0v) is 10.0. The summed E-state index contributed by atoms with van der Waals surface area (Å²) in [5.41, 5.74) is 8.25. The second kappa shape index (κ2) is 4.65. The summed E-state index contributed by atoms with van der Waals surface area (Å²) in [5, 5.41) is 0. The zero-order chi connectivity index (χ0) is 11.5. The summed E-state index contributed by atoms with van der Waals surface area (Å²) in [6.45, 7) is 1.93. The number of hydrogen-bond acceptors (Lipinski definition) is 3. The van der Waals surface area contributed by atoms with Crippen molar-refractivity contribution in [2.24, 2.45) is 0 Å². The van der Waals surface area contributed by atoms with Gasteiger partial charge in [0.25, 0.3) is 0 Å². The lowest BCUT2D eigenvalue weighted by molar-refractivity contribution is 0.682. The van der Waals surface area contributed by atoms with Gasteiger partial charge in [-0.3, -0.25) is 4.21 Å². The molecular weight excluding hydrogens is 222 g/mol. The maximum Gasteiger partial charge on any atom is 0.108 e. The van der Waals surface area contributed by atoms with Crippen molar-refractivity contribution in [3.8, 4) is 0 Å². The van der Waals surface area contributed by atoms with E-state index in [1.807, 2.05) is 25.1 Å². The molecule has 1 unspecified atom stereocenters. The molecule has 86 valence electrons. The van der Waals surface area contributed by atoms with Gasteiger partial charge in [-0.2, -0.15) is 0 Å². The van der Waals surface area contributed by atoms with E-state index >= 15 is 0 Å². The highest BCUT2D eigenvalue weighted by Gasteiger charge is 2.04. The van der Waals surface area contributed by atoms with Crippen LogP contribution < -0.4 is 5.73 Å². The number of aromatic amines is 1. The van der Waals surface area contributed by atoms with Crippen molar-refractivity contribution < 1.29 is 4.21 Å². The van der Waals surface area contributed by atoms with E-state index in [-0.39, 0.29) is 0 Å². The van der Waals surface area contributed by atoms with Gasteiger partial charge in [0, 0.05) is 34.4 Å². The van der Waals surface area contributed by atoms with Crippen molar-refractivity contribution in [2.45, 2.75) is 13.3 Å². The Bertz CT molecular complexity index is 521. The van der Waals surface area contributed by atoms with Gasteiger partial charge in [-0.1, -0.05) is 6.92 Å². The van der Waals surface area contributed by atoms with Gasteiger partial charge in [0.2, 0.25) is 0 Å². The molecule has 16 heavy (non-hydrogen) atoms. The molecule has 1 aromatic heterocycles. The summed E-state index contributed by atoms with van der Waals surface area (Å²) in [6, 6.07) is 5.58. The third-order valence-corrected chi connectivity index (χ3v) is 3.75. The van der Waals surface area contributed by atoms with Crippen molar-refractivity contribution in [1.82, 2.24) is 9.97 Å². The number of rotatable bonds is 4. The molecule has 0 bridgehead atoms. The summed E-state index contributed by atoms with van der Waals surface area (Å²) in [5.74, 6) is 2.24. The Balaban J connectivity index is 2.16. The van der Waals surface area contributed by atoms with Crippen molar-refractivity contribution in [2.75, 3.05) is 17.2 Å². The van der Waals surface area contributed by atoms with Crippen LogP contribution in [0.4, 0.5) is 5.69 Å². The molecule has 0 aliphatic rings. The molecule has 0 saturated heterocycles. The quantitative estimate of drug-likeness (QED) is 0.791. The molecule has 1 heterocycles. The number of fused-ring (bicyclic) bond motifs is 1. The van der Waals surface area contributed by atoms with Gasteiger partial charge < -0.3 is 10.7 Å². The first-order valence-electron chi connectivity index (χ1n) is 5.28. The molecule has 0 radical (unpaired) electrons. The fraction of sp³-hybridized carbons (Fsp3) is 0.364. The maximum atomic E-state index is 11.3. The van der Waals surface area contributed by atoms with E-state index in [0.29, 0.717) is 11.5 Å². The SMILES string of the molecule is CCS(=O)CCc1nc2ccc(N)cc2[nH]1. The number of imidazole rings is 1. The predicted molar refractivity (Wildman–Crippen MR) is 67.8 cm³/mol. The fourth-order valence-corrected chi connectivity index (χ4v) is 2.26. The van der Waals surface area contributed by atoms with Gasteiger partial charge in [0.1, 0.15) is 5.82 Å². The van der Waals surface area contributed by atoms with E-state index in [4.69, 9.17) is 5.73 Å². The second-order valence-corrected chi connectivity index (χ2v) is 5.51. The van der Waals surface area contributed by atoms with Gasteiger partial charge in [0.05, 0.1) is 11.0 Å². The van der Waals surface area contributed by atoms with Crippen molar-refractivity contribution >= 4 is 27.5 Å². The third kappa shape index (κ3) is 2.41. The number of hydrogen-bond donors (Lipinski definition) is 2. The summed E-state index contributed by atoms with van der Waals surface area (Å²) in [7, 11) is -0.738. The van der Waals surface area contributed by atoms with Crippen LogP contribution >= 0.6 is 0 Å². The van der Waals surface area contributed by atoms with E-state index < -0.39 is 10.8 Å². The van der Waals surface area contributed by atoms with E-state index in [9.17, 15) is 4.21 Å².